The number of sulfonamides is 1. The zero-order chi connectivity index (χ0) is 18.0. The number of thiophene rings is 1. The Morgan fingerprint density at radius 3 is 2.54 bits per heavy atom. The molecule has 1 aromatic carbocycles. The second-order valence-electron chi connectivity index (χ2n) is 5.70. The number of nitrogens with one attached hydrogen (secondary N) is 1. The maximum absolute atomic E-state index is 12.2. The molecule has 1 atom stereocenters. The number of benzene rings is 1. The molecule has 134 valence electrons. The first-order valence-electron chi connectivity index (χ1n) is 7.26. The molecule has 0 amide bonds. The van der Waals surface area contributed by atoms with Crippen molar-refractivity contribution in [2.75, 3.05) is 26.4 Å². The Bertz CT molecular complexity index is 785. The minimum atomic E-state index is -4.49. The number of rotatable bonds is 7. The highest BCUT2D eigenvalue weighted by molar-refractivity contribution is 7.89. The summed E-state index contributed by atoms with van der Waals surface area (Å²) in [4.78, 5) is 1.85. The van der Waals surface area contributed by atoms with Crippen molar-refractivity contribution in [3.63, 3.8) is 0 Å². The summed E-state index contributed by atoms with van der Waals surface area (Å²) in [5.74, 6) is -0.957. The third-order valence-corrected chi connectivity index (χ3v) is 5.97. The first-order chi connectivity index (χ1) is 11.1. The molecule has 0 aliphatic heterocycles. The molecule has 2 rings (SSSR count). The second-order valence-corrected chi connectivity index (χ2v) is 8.54. The quantitative estimate of drug-likeness (QED) is 0.801. The predicted octanol–water partition coefficient (Wildman–Crippen LogP) is 3.38. The molecule has 0 fully saturated rings. The average Bonchev–Trinajstić information content (AvgIpc) is 2.89. The van der Waals surface area contributed by atoms with E-state index in [-0.39, 0.29) is 12.6 Å². The van der Waals surface area contributed by atoms with E-state index in [9.17, 15) is 21.6 Å². The molecule has 0 bridgehead atoms. The van der Waals surface area contributed by atoms with Crippen molar-refractivity contribution in [1.29, 1.82) is 0 Å². The van der Waals surface area contributed by atoms with Crippen molar-refractivity contribution in [2.24, 2.45) is 0 Å². The lowest BCUT2D eigenvalue weighted by molar-refractivity contribution is -0.129. The highest BCUT2D eigenvalue weighted by atomic mass is 32.2. The molecule has 0 saturated carbocycles. The van der Waals surface area contributed by atoms with E-state index >= 15 is 0 Å². The van der Waals surface area contributed by atoms with Crippen LogP contribution in [0, 0.1) is 0 Å². The fourth-order valence-electron chi connectivity index (χ4n) is 2.36. The van der Waals surface area contributed by atoms with E-state index in [1.165, 1.54) is 0 Å². The Balaban J connectivity index is 2.12. The summed E-state index contributed by atoms with van der Waals surface area (Å²) in [6.07, 6.45) is -5.84. The lowest BCUT2D eigenvalue weighted by atomic mass is 10.1. The van der Waals surface area contributed by atoms with Crippen LogP contribution >= 0.6 is 11.3 Å². The van der Waals surface area contributed by atoms with Crippen LogP contribution in [0.25, 0.3) is 10.1 Å². The first-order valence-corrected chi connectivity index (χ1v) is 9.79. The summed E-state index contributed by atoms with van der Waals surface area (Å²) in [6.45, 7) is 0.0217. The molecule has 1 N–H and O–H groups in total. The molecule has 1 heterocycles. The molecule has 1 unspecified atom stereocenters. The molecule has 0 aliphatic rings. The molecule has 24 heavy (non-hydrogen) atoms. The van der Waals surface area contributed by atoms with E-state index < -0.39 is 28.4 Å². The van der Waals surface area contributed by atoms with Gasteiger partial charge >= 0.3 is 6.18 Å². The average molecular weight is 380 g/mol. The normalized spacial score (nSPS) is 14.4. The van der Waals surface area contributed by atoms with Crippen LogP contribution in [0.4, 0.5) is 13.2 Å². The molecule has 0 radical (unpaired) electrons. The van der Waals surface area contributed by atoms with Crippen molar-refractivity contribution < 1.29 is 21.6 Å². The summed E-state index contributed by atoms with van der Waals surface area (Å²) >= 11 is 1.55. The Morgan fingerprint density at radius 2 is 1.92 bits per heavy atom. The van der Waals surface area contributed by atoms with E-state index in [4.69, 9.17) is 0 Å². The Labute approximate surface area is 143 Å². The Morgan fingerprint density at radius 1 is 1.25 bits per heavy atom. The lowest BCUT2D eigenvalue weighted by Crippen LogP contribution is -2.36. The highest BCUT2D eigenvalue weighted by Gasteiger charge is 2.30. The van der Waals surface area contributed by atoms with Crippen LogP contribution in [0.5, 0.6) is 0 Å². The second kappa shape index (κ2) is 7.38. The molecule has 4 nitrogen and oxygen atoms in total. The SMILES string of the molecule is CN(C)C(CNS(=O)(=O)CCC(F)(F)F)c1csc2ccccc12. The topological polar surface area (TPSA) is 49.4 Å². The number of halogens is 3. The van der Waals surface area contributed by atoms with Gasteiger partial charge in [-0.3, -0.25) is 0 Å². The van der Waals surface area contributed by atoms with Crippen molar-refractivity contribution in [3.8, 4) is 0 Å². The van der Waals surface area contributed by atoms with Crippen LogP contribution in [-0.4, -0.2) is 45.9 Å². The fraction of sp³-hybridized carbons (Fsp3) is 0.467. The van der Waals surface area contributed by atoms with Gasteiger partial charge in [0.15, 0.2) is 0 Å². The predicted molar refractivity (Wildman–Crippen MR) is 90.7 cm³/mol. The summed E-state index contributed by atoms with van der Waals surface area (Å²) in [7, 11) is -0.368. The number of hydrogen-bond acceptors (Lipinski definition) is 4. The maximum Gasteiger partial charge on any atom is 0.390 e. The molecular formula is C15H19F3N2O2S2. The summed E-state index contributed by atoms with van der Waals surface area (Å²) in [6, 6.07) is 7.49. The zero-order valence-electron chi connectivity index (χ0n) is 13.3. The van der Waals surface area contributed by atoms with Gasteiger partial charge in [0, 0.05) is 17.3 Å². The van der Waals surface area contributed by atoms with Crippen molar-refractivity contribution >= 4 is 31.4 Å². The van der Waals surface area contributed by atoms with E-state index in [1.54, 1.807) is 25.4 Å². The van der Waals surface area contributed by atoms with Crippen LogP contribution in [0.1, 0.15) is 18.0 Å². The van der Waals surface area contributed by atoms with Gasteiger partial charge in [0.2, 0.25) is 10.0 Å². The number of nitrogens with zero attached hydrogens (tertiary/aromatic N) is 1. The monoisotopic (exact) mass is 380 g/mol. The highest BCUT2D eigenvalue weighted by Crippen LogP contribution is 2.32. The van der Waals surface area contributed by atoms with Gasteiger partial charge in [-0.25, -0.2) is 13.1 Å². The molecular weight excluding hydrogens is 361 g/mol. The van der Waals surface area contributed by atoms with Gasteiger partial charge in [0.1, 0.15) is 0 Å². The van der Waals surface area contributed by atoms with Crippen LogP contribution < -0.4 is 4.72 Å². The molecule has 0 aliphatic carbocycles. The van der Waals surface area contributed by atoms with Gasteiger partial charge < -0.3 is 4.90 Å². The van der Waals surface area contributed by atoms with Crippen molar-refractivity contribution in [3.05, 3.63) is 35.2 Å². The molecule has 1 aromatic heterocycles. The first kappa shape index (κ1) is 19.2. The molecule has 2 aromatic rings. The van der Waals surface area contributed by atoms with Gasteiger partial charge in [-0.05, 0) is 36.5 Å². The van der Waals surface area contributed by atoms with E-state index in [0.29, 0.717) is 0 Å². The van der Waals surface area contributed by atoms with Gasteiger partial charge in [-0.15, -0.1) is 11.3 Å². The number of fused-ring (bicyclic) bond motifs is 1. The zero-order valence-corrected chi connectivity index (χ0v) is 14.9. The van der Waals surface area contributed by atoms with Crippen molar-refractivity contribution in [2.45, 2.75) is 18.6 Å². The third kappa shape index (κ3) is 5.17. The number of hydrogen-bond donors (Lipinski definition) is 1. The lowest BCUT2D eigenvalue weighted by Gasteiger charge is -2.24. The Hall–Kier alpha value is -1.16. The number of likely N-dealkylation sites (N-methyl/N-ethyl adjacent to an activating group) is 1. The Kier molecular flexibility index (Phi) is 5.90. The van der Waals surface area contributed by atoms with Gasteiger partial charge in [0.05, 0.1) is 12.2 Å². The summed E-state index contributed by atoms with van der Waals surface area (Å²) < 4.78 is 63.6. The summed E-state index contributed by atoms with van der Waals surface area (Å²) in [5, 5.41) is 2.98. The fourth-order valence-corrected chi connectivity index (χ4v) is 4.42. The minimum Gasteiger partial charge on any atom is -0.301 e. The molecule has 0 spiro atoms. The largest absolute Gasteiger partial charge is 0.390 e. The smallest absolute Gasteiger partial charge is 0.301 e. The van der Waals surface area contributed by atoms with Crippen LogP contribution in [0.2, 0.25) is 0 Å². The number of alkyl halides is 3. The van der Waals surface area contributed by atoms with Gasteiger partial charge in [0.25, 0.3) is 0 Å². The van der Waals surface area contributed by atoms with Gasteiger partial charge in [-0.2, -0.15) is 13.2 Å². The molecule has 0 saturated heterocycles. The standard InChI is InChI=1S/C15H19F3N2O2S2/c1-20(2)13(9-19-24(21,22)8-7-15(16,17)18)12-10-23-14-6-4-3-5-11(12)14/h3-6,10,13,19H,7-9H2,1-2H3. The van der Waals surface area contributed by atoms with Gasteiger partial charge in [-0.1, -0.05) is 18.2 Å². The summed E-state index contributed by atoms with van der Waals surface area (Å²) in [5.41, 5.74) is 0.958. The van der Waals surface area contributed by atoms with E-state index in [0.717, 1.165) is 15.6 Å². The van der Waals surface area contributed by atoms with Crippen LogP contribution in [0.15, 0.2) is 29.6 Å². The maximum atomic E-state index is 12.2. The third-order valence-electron chi connectivity index (χ3n) is 3.64. The molecule has 9 heteroatoms. The van der Waals surface area contributed by atoms with Crippen molar-refractivity contribution in [1.82, 2.24) is 9.62 Å². The van der Waals surface area contributed by atoms with Crippen LogP contribution in [0.3, 0.4) is 0 Å². The van der Waals surface area contributed by atoms with E-state index in [1.807, 2.05) is 34.5 Å². The minimum absolute atomic E-state index is 0.0217. The van der Waals surface area contributed by atoms with Crippen LogP contribution in [-0.2, 0) is 10.0 Å². The van der Waals surface area contributed by atoms with E-state index in [2.05, 4.69) is 4.72 Å².